The van der Waals surface area contributed by atoms with Gasteiger partial charge in [-0.3, -0.25) is 0 Å². The van der Waals surface area contributed by atoms with Gasteiger partial charge in [0, 0.05) is 5.92 Å². The largest absolute Gasteiger partial charge is 0.389 e. The van der Waals surface area contributed by atoms with Gasteiger partial charge in [-0.05, 0) is 37.0 Å². The second kappa shape index (κ2) is 7.60. The fourth-order valence-corrected chi connectivity index (χ4v) is 3.55. The number of hydrogen-bond acceptors (Lipinski definition) is 3. The molecule has 1 saturated carbocycles. The first-order chi connectivity index (χ1) is 12.8. The van der Waals surface area contributed by atoms with Gasteiger partial charge in [0.05, 0.1) is 36.4 Å². The van der Waals surface area contributed by atoms with Crippen molar-refractivity contribution in [1.29, 1.82) is 0 Å². The summed E-state index contributed by atoms with van der Waals surface area (Å²) in [4.78, 5) is 4.80. The van der Waals surface area contributed by atoms with Crippen molar-refractivity contribution in [3.8, 4) is 0 Å². The third kappa shape index (κ3) is 3.67. The zero-order chi connectivity index (χ0) is 17.9. The number of aliphatic hydroxyl groups excluding tert-OH is 1. The highest BCUT2D eigenvalue weighted by Crippen LogP contribution is 2.40. The summed E-state index contributed by atoms with van der Waals surface area (Å²) in [6.45, 7) is 2.96. The number of nitrogens with zero attached hydrogens (tertiary/aromatic N) is 2. The van der Waals surface area contributed by atoms with Crippen molar-refractivity contribution in [2.45, 2.75) is 50.9 Å². The van der Waals surface area contributed by atoms with Crippen molar-refractivity contribution >= 4 is 11.0 Å². The molecule has 0 bridgehead atoms. The van der Waals surface area contributed by atoms with E-state index in [-0.39, 0.29) is 6.10 Å². The van der Waals surface area contributed by atoms with Gasteiger partial charge in [0.2, 0.25) is 0 Å². The van der Waals surface area contributed by atoms with Gasteiger partial charge >= 0.3 is 0 Å². The third-order valence-corrected chi connectivity index (χ3v) is 5.05. The number of fused-ring (bicyclic) bond motifs is 1. The van der Waals surface area contributed by atoms with E-state index in [9.17, 15) is 5.11 Å². The van der Waals surface area contributed by atoms with Crippen molar-refractivity contribution < 1.29 is 9.84 Å². The normalized spacial score (nSPS) is 16.7. The molecule has 4 rings (SSSR count). The Kier molecular flexibility index (Phi) is 5.05. The lowest BCUT2D eigenvalue weighted by atomic mass is 10.1. The SMILES string of the molecule is CCC(OCC(O)Cn1c(C2CC2)nc2ccccc21)c1ccccc1. The lowest BCUT2D eigenvalue weighted by Crippen LogP contribution is -2.24. The summed E-state index contributed by atoms with van der Waals surface area (Å²) >= 11 is 0. The van der Waals surface area contributed by atoms with E-state index in [1.807, 2.05) is 36.4 Å². The summed E-state index contributed by atoms with van der Waals surface area (Å²) < 4.78 is 8.22. The highest BCUT2D eigenvalue weighted by Gasteiger charge is 2.30. The van der Waals surface area contributed by atoms with Crippen LogP contribution in [0.2, 0.25) is 0 Å². The van der Waals surface area contributed by atoms with Crippen molar-refractivity contribution in [1.82, 2.24) is 9.55 Å². The van der Waals surface area contributed by atoms with Crippen LogP contribution in [0.25, 0.3) is 11.0 Å². The first-order valence-corrected chi connectivity index (χ1v) is 9.56. The van der Waals surface area contributed by atoms with Crippen LogP contribution in [0.3, 0.4) is 0 Å². The van der Waals surface area contributed by atoms with Crippen molar-refractivity contribution in [2.75, 3.05) is 6.61 Å². The Morgan fingerprint density at radius 2 is 1.85 bits per heavy atom. The number of benzene rings is 2. The van der Waals surface area contributed by atoms with Crippen LogP contribution < -0.4 is 0 Å². The molecule has 2 atom stereocenters. The minimum Gasteiger partial charge on any atom is -0.389 e. The quantitative estimate of drug-likeness (QED) is 0.653. The molecule has 1 heterocycles. The molecule has 1 N–H and O–H groups in total. The molecule has 136 valence electrons. The minimum atomic E-state index is -0.553. The number of hydrogen-bond donors (Lipinski definition) is 1. The van der Waals surface area contributed by atoms with E-state index >= 15 is 0 Å². The molecule has 26 heavy (non-hydrogen) atoms. The van der Waals surface area contributed by atoms with Gasteiger partial charge in [-0.2, -0.15) is 0 Å². The fourth-order valence-electron chi connectivity index (χ4n) is 3.55. The number of aliphatic hydroxyl groups is 1. The Balaban J connectivity index is 1.46. The van der Waals surface area contributed by atoms with E-state index in [1.165, 1.54) is 12.8 Å². The molecule has 1 aliphatic rings. The maximum Gasteiger partial charge on any atom is 0.113 e. The van der Waals surface area contributed by atoms with Crippen LogP contribution in [0.4, 0.5) is 0 Å². The van der Waals surface area contributed by atoms with Crippen LogP contribution in [-0.4, -0.2) is 27.4 Å². The molecule has 1 aliphatic carbocycles. The summed E-state index contributed by atoms with van der Waals surface area (Å²) in [6, 6.07) is 18.4. The summed E-state index contributed by atoms with van der Waals surface area (Å²) in [7, 11) is 0. The monoisotopic (exact) mass is 350 g/mol. The van der Waals surface area contributed by atoms with Crippen molar-refractivity contribution in [3.05, 3.63) is 66.0 Å². The topological polar surface area (TPSA) is 47.3 Å². The lowest BCUT2D eigenvalue weighted by molar-refractivity contribution is -0.0174. The molecule has 3 aromatic rings. The second-order valence-electron chi connectivity index (χ2n) is 7.14. The van der Waals surface area contributed by atoms with Crippen LogP contribution in [0.1, 0.15) is 49.6 Å². The van der Waals surface area contributed by atoms with E-state index in [2.05, 4.69) is 29.7 Å². The number of rotatable bonds is 8. The van der Waals surface area contributed by atoms with Crippen LogP contribution in [0, 0.1) is 0 Å². The summed E-state index contributed by atoms with van der Waals surface area (Å²) in [5, 5.41) is 10.6. The Labute approximate surface area is 154 Å². The van der Waals surface area contributed by atoms with Gasteiger partial charge in [0.15, 0.2) is 0 Å². The van der Waals surface area contributed by atoms with E-state index in [0.717, 1.165) is 28.8 Å². The van der Waals surface area contributed by atoms with E-state index in [1.54, 1.807) is 0 Å². The van der Waals surface area contributed by atoms with E-state index in [4.69, 9.17) is 9.72 Å². The van der Waals surface area contributed by atoms with Crippen LogP contribution >= 0.6 is 0 Å². The summed E-state index contributed by atoms with van der Waals surface area (Å²) in [5.41, 5.74) is 3.27. The number of ether oxygens (including phenoxy) is 1. The smallest absolute Gasteiger partial charge is 0.113 e. The average molecular weight is 350 g/mol. The highest BCUT2D eigenvalue weighted by atomic mass is 16.5. The van der Waals surface area contributed by atoms with Gasteiger partial charge in [-0.1, -0.05) is 49.4 Å². The molecular weight excluding hydrogens is 324 g/mol. The fraction of sp³-hybridized carbons (Fsp3) is 0.409. The second-order valence-corrected chi connectivity index (χ2v) is 7.14. The minimum absolute atomic E-state index is 0.0216. The van der Waals surface area contributed by atoms with Gasteiger partial charge in [0.1, 0.15) is 5.82 Å². The molecule has 0 saturated heterocycles. The van der Waals surface area contributed by atoms with Gasteiger partial charge < -0.3 is 14.4 Å². The Morgan fingerprint density at radius 1 is 1.12 bits per heavy atom. The van der Waals surface area contributed by atoms with Crippen molar-refractivity contribution in [2.24, 2.45) is 0 Å². The molecule has 0 radical (unpaired) electrons. The Hall–Kier alpha value is -2.17. The van der Waals surface area contributed by atoms with Crippen molar-refractivity contribution in [3.63, 3.8) is 0 Å². The highest BCUT2D eigenvalue weighted by molar-refractivity contribution is 5.76. The zero-order valence-corrected chi connectivity index (χ0v) is 15.2. The van der Waals surface area contributed by atoms with Gasteiger partial charge in [-0.25, -0.2) is 4.98 Å². The maximum absolute atomic E-state index is 10.6. The van der Waals surface area contributed by atoms with Crippen LogP contribution in [0.15, 0.2) is 54.6 Å². The van der Waals surface area contributed by atoms with E-state index in [0.29, 0.717) is 19.1 Å². The van der Waals surface area contributed by atoms with Crippen LogP contribution in [-0.2, 0) is 11.3 Å². The molecule has 1 aromatic heterocycles. The molecule has 2 unspecified atom stereocenters. The molecule has 1 fully saturated rings. The molecule has 4 nitrogen and oxygen atoms in total. The Morgan fingerprint density at radius 3 is 2.58 bits per heavy atom. The standard InChI is InChI=1S/C22H26N2O2/c1-2-21(16-8-4-3-5-9-16)26-15-18(25)14-24-20-11-7-6-10-19(20)23-22(24)17-12-13-17/h3-11,17-18,21,25H,2,12-15H2,1H3. The van der Waals surface area contributed by atoms with Crippen LogP contribution in [0.5, 0.6) is 0 Å². The zero-order valence-electron chi connectivity index (χ0n) is 15.2. The average Bonchev–Trinajstić information content (AvgIpc) is 3.46. The number of para-hydroxylation sites is 2. The number of imidazole rings is 1. The molecular formula is C22H26N2O2. The van der Waals surface area contributed by atoms with Gasteiger partial charge in [0.25, 0.3) is 0 Å². The molecule has 0 aliphatic heterocycles. The maximum atomic E-state index is 10.6. The molecule has 4 heteroatoms. The number of aromatic nitrogens is 2. The molecule has 2 aromatic carbocycles. The molecule has 0 spiro atoms. The predicted molar refractivity (Wildman–Crippen MR) is 103 cm³/mol. The Bertz CT molecular complexity index is 855. The van der Waals surface area contributed by atoms with Gasteiger partial charge in [-0.15, -0.1) is 0 Å². The lowest BCUT2D eigenvalue weighted by Gasteiger charge is -2.20. The third-order valence-electron chi connectivity index (χ3n) is 5.05. The first kappa shape index (κ1) is 17.3. The first-order valence-electron chi connectivity index (χ1n) is 9.56. The summed E-state index contributed by atoms with van der Waals surface area (Å²) in [6.07, 6.45) is 2.75. The molecule has 0 amide bonds. The van der Waals surface area contributed by atoms with E-state index < -0.39 is 6.10 Å². The predicted octanol–water partition coefficient (Wildman–Crippen LogP) is 4.44. The summed E-state index contributed by atoms with van der Waals surface area (Å²) in [5.74, 6) is 1.66.